The number of benzene rings is 1. The van der Waals surface area contributed by atoms with Crippen LogP contribution < -0.4 is 4.74 Å². The fraction of sp³-hybridized carbons (Fsp3) is 0.600. The van der Waals surface area contributed by atoms with Crippen molar-refractivity contribution < 1.29 is 9.84 Å². The van der Waals surface area contributed by atoms with E-state index in [0.29, 0.717) is 11.5 Å². The number of methoxy groups -OCH3 is 1. The van der Waals surface area contributed by atoms with Gasteiger partial charge in [-0.25, -0.2) is 0 Å². The van der Waals surface area contributed by atoms with Crippen LogP contribution in [0.25, 0.3) is 0 Å². The molecule has 3 nitrogen and oxygen atoms in total. The van der Waals surface area contributed by atoms with Crippen LogP contribution in [0.1, 0.15) is 38.3 Å². The van der Waals surface area contributed by atoms with E-state index in [2.05, 4.69) is 18.7 Å². The zero-order valence-corrected chi connectivity index (χ0v) is 11.5. The zero-order chi connectivity index (χ0) is 13.1. The van der Waals surface area contributed by atoms with Crippen LogP contribution in [0.15, 0.2) is 18.2 Å². The Labute approximate surface area is 109 Å². The van der Waals surface area contributed by atoms with Gasteiger partial charge in [-0.3, -0.25) is 4.90 Å². The molecule has 1 fully saturated rings. The molecule has 1 unspecified atom stereocenters. The highest BCUT2D eigenvalue weighted by molar-refractivity contribution is 5.41. The summed E-state index contributed by atoms with van der Waals surface area (Å²) in [6.07, 6.45) is 2.50. The Balaban J connectivity index is 2.11. The quantitative estimate of drug-likeness (QED) is 0.893. The highest BCUT2D eigenvalue weighted by atomic mass is 16.5. The Hall–Kier alpha value is -1.22. The third-order valence-corrected chi connectivity index (χ3v) is 4.05. The molecule has 0 aliphatic carbocycles. The summed E-state index contributed by atoms with van der Waals surface area (Å²) in [4.78, 5) is 2.45. The second-order valence-electron chi connectivity index (χ2n) is 5.32. The summed E-state index contributed by atoms with van der Waals surface area (Å²) in [5.74, 6) is 1.87. The molecule has 0 bridgehead atoms. The van der Waals surface area contributed by atoms with Crippen molar-refractivity contribution in [1.29, 1.82) is 0 Å². The lowest BCUT2D eigenvalue weighted by atomic mass is 9.96. The highest BCUT2D eigenvalue weighted by Gasteiger charge is 2.23. The molecule has 1 atom stereocenters. The first-order valence-corrected chi connectivity index (χ1v) is 6.72. The maximum Gasteiger partial charge on any atom is 0.124 e. The van der Waals surface area contributed by atoms with Crippen molar-refractivity contribution in [2.24, 2.45) is 5.92 Å². The monoisotopic (exact) mass is 249 g/mol. The van der Waals surface area contributed by atoms with Crippen LogP contribution in [0.2, 0.25) is 0 Å². The summed E-state index contributed by atoms with van der Waals surface area (Å²) < 4.78 is 5.12. The van der Waals surface area contributed by atoms with Crippen molar-refractivity contribution in [3.8, 4) is 11.5 Å². The van der Waals surface area contributed by atoms with Gasteiger partial charge in [0.1, 0.15) is 11.5 Å². The van der Waals surface area contributed by atoms with Crippen molar-refractivity contribution in [3.05, 3.63) is 23.8 Å². The lowest BCUT2D eigenvalue weighted by molar-refractivity contribution is 0.145. The van der Waals surface area contributed by atoms with E-state index >= 15 is 0 Å². The molecule has 0 spiro atoms. The predicted molar refractivity (Wildman–Crippen MR) is 73.0 cm³/mol. The molecule has 1 aliphatic heterocycles. The number of likely N-dealkylation sites (tertiary alicyclic amines) is 1. The van der Waals surface area contributed by atoms with Crippen LogP contribution in [0.4, 0.5) is 0 Å². The van der Waals surface area contributed by atoms with Crippen molar-refractivity contribution in [2.75, 3.05) is 20.2 Å². The first-order chi connectivity index (χ1) is 8.61. The molecule has 1 aromatic carbocycles. The molecule has 18 heavy (non-hydrogen) atoms. The first-order valence-electron chi connectivity index (χ1n) is 6.72. The van der Waals surface area contributed by atoms with Crippen molar-refractivity contribution in [3.63, 3.8) is 0 Å². The number of piperidine rings is 1. The number of ether oxygens (including phenoxy) is 1. The summed E-state index contributed by atoms with van der Waals surface area (Å²) in [5, 5.41) is 10.1. The lowest BCUT2D eigenvalue weighted by Gasteiger charge is -2.35. The Morgan fingerprint density at radius 3 is 2.56 bits per heavy atom. The molecule has 1 saturated heterocycles. The molecular weight excluding hydrogens is 226 g/mol. The Morgan fingerprint density at radius 2 is 2.00 bits per heavy atom. The minimum Gasteiger partial charge on any atom is -0.507 e. The minimum atomic E-state index is 0.267. The van der Waals surface area contributed by atoms with E-state index in [9.17, 15) is 5.11 Å². The first kappa shape index (κ1) is 13.2. The summed E-state index contributed by atoms with van der Waals surface area (Å²) in [5.41, 5.74) is 0.991. The zero-order valence-electron chi connectivity index (χ0n) is 11.5. The van der Waals surface area contributed by atoms with Gasteiger partial charge in [0.2, 0.25) is 0 Å². The van der Waals surface area contributed by atoms with Gasteiger partial charge in [-0.05, 0) is 44.8 Å². The van der Waals surface area contributed by atoms with Crippen LogP contribution in [0, 0.1) is 5.92 Å². The topological polar surface area (TPSA) is 32.7 Å². The molecule has 0 radical (unpaired) electrons. The van der Waals surface area contributed by atoms with Gasteiger partial charge < -0.3 is 9.84 Å². The Kier molecular flexibility index (Phi) is 4.12. The molecule has 1 aromatic rings. The number of aromatic hydroxyl groups is 1. The van der Waals surface area contributed by atoms with Gasteiger partial charge in [0, 0.05) is 17.7 Å². The smallest absolute Gasteiger partial charge is 0.124 e. The van der Waals surface area contributed by atoms with E-state index in [4.69, 9.17) is 4.74 Å². The second-order valence-corrected chi connectivity index (χ2v) is 5.32. The Morgan fingerprint density at radius 1 is 1.33 bits per heavy atom. The largest absolute Gasteiger partial charge is 0.507 e. The molecule has 2 rings (SSSR count). The van der Waals surface area contributed by atoms with Crippen molar-refractivity contribution >= 4 is 0 Å². The fourth-order valence-corrected chi connectivity index (χ4v) is 2.62. The van der Waals surface area contributed by atoms with Crippen LogP contribution in [0.3, 0.4) is 0 Å². The summed E-state index contributed by atoms with van der Waals surface area (Å²) in [6, 6.07) is 5.84. The minimum absolute atomic E-state index is 0.267. The highest BCUT2D eigenvalue weighted by Crippen LogP contribution is 2.33. The summed E-state index contributed by atoms with van der Waals surface area (Å²) in [7, 11) is 1.61. The molecule has 1 aliphatic rings. The second kappa shape index (κ2) is 5.61. The van der Waals surface area contributed by atoms with Crippen molar-refractivity contribution in [1.82, 2.24) is 4.90 Å². The molecule has 0 saturated carbocycles. The number of rotatable bonds is 3. The van der Waals surface area contributed by atoms with E-state index in [0.717, 1.165) is 24.6 Å². The summed E-state index contributed by atoms with van der Waals surface area (Å²) >= 11 is 0. The normalized spacial score (nSPS) is 19.7. The summed E-state index contributed by atoms with van der Waals surface area (Å²) in [6.45, 7) is 6.71. The molecular formula is C15H23NO2. The van der Waals surface area contributed by atoms with Gasteiger partial charge in [0.15, 0.2) is 0 Å². The van der Waals surface area contributed by atoms with E-state index in [1.54, 1.807) is 13.2 Å². The van der Waals surface area contributed by atoms with Crippen LogP contribution in [-0.2, 0) is 0 Å². The van der Waals surface area contributed by atoms with Gasteiger partial charge >= 0.3 is 0 Å². The fourth-order valence-electron chi connectivity index (χ4n) is 2.62. The Bertz CT molecular complexity index is 397. The number of phenols is 1. The number of hydrogen-bond donors (Lipinski definition) is 1. The maximum absolute atomic E-state index is 10.1. The van der Waals surface area contributed by atoms with Gasteiger partial charge in [0.25, 0.3) is 0 Å². The van der Waals surface area contributed by atoms with Gasteiger partial charge in [-0.2, -0.15) is 0 Å². The molecule has 1 heterocycles. The van der Waals surface area contributed by atoms with E-state index < -0.39 is 0 Å². The number of hydrogen-bond acceptors (Lipinski definition) is 3. The average molecular weight is 249 g/mol. The van der Waals surface area contributed by atoms with Crippen LogP contribution >= 0.6 is 0 Å². The third-order valence-electron chi connectivity index (χ3n) is 4.05. The van der Waals surface area contributed by atoms with Gasteiger partial charge in [-0.15, -0.1) is 0 Å². The van der Waals surface area contributed by atoms with Crippen LogP contribution in [0.5, 0.6) is 11.5 Å². The standard InChI is InChI=1S/C15H23NO2/c1-11-6-8-16(9-7-11)12(2)14-5-4-13(18-3)10-15(14)17/h4-5,10-12,17H,6-9H2,1-3H3. The number of phenolic OH excluding ortho intramolecular Hbond substituents is 1. The maximum atomic E-state index is 10.1. The third kappa shape index (κ3) is 2.78. The SMILES string of the molecule is COc1ccc(C(C)N2CCC(C)CC2)c(O)c1. The van der Waals surface area contributed by atoms with E-state index in [1.807, 2.05) is 12.1 Å². The predicted octanol–water partition coefficient (Wildman–Crippen LogP) is 3.19. The molecule has 100 valence electrons. The molecule has 0 aromatic heterocycles. The number of nitrogens with zero attached hydrogens (tertiary/aromatic N) is 1. The van der Waals surface area contributed by atoms with Crippen molar-refractivity contribution in [2.45, 2.75) is 32.7 Å². The van der Waals surface area contributed by atoms with E-state index in [1.165, 1.54) is 12.8 Å². The average Bonchev–Trinajstić information content (AvgIpc) is 2.38. The van der Waals surface area contributed by atoms with Gasteiger partial charge in [0.05, 0.1) is 7.11 Å². The molecule has 1 N–H and O–H groups in total. The van der Waals surface area contributed by atoms with Crippen LogP contribution in [-0.4, -0.2) is 30.2 Å². The molecule has 0 amide bonds. The van der Waals surface area contributed by atoms with Gasteiger partial charge in [-0.1, -0.05) is 13.0 Å². The van der Waals surface area contributed by atoms with E-state index in [-0.39, 0.29) is 6.04 Å². The molecule has 3 heteroatoms. The lowest BCUT2D eigenvalue weighted by Crippen LogP contribution is -2.35.